The maximum atomic E-state index is 14.0. The third-order valence-electron chi connectivity index (χ3n) is 10.9. The smallest absolute Gasteiger partial charge is 0.245 e. The first-order valence-corrected chi connectivity index (χ1v) is 21.0. The molecule has 8 rings (SSSR count). The average molecular weight is 800 g/mol. The number of nitrogens with one attached hydrogen (secondary N) is 2. The number of nitrogens with zero attached hydrogens (tertiary/aromatic N) is 6. The molecule has 1 amide bonds. The minimum Gasteiger partial charge on any atom is -0.340 e. The number of thioether (sulfide) groups is 1. The van der Waals surface area contributed by atoms with Crippen LogP contribution in [0, 0.1) is 17.8 Å². The van der Waals surface area contributed by atoms with Crippen LogP contribution in [0.5, 0.6) is 0 Å². The number of hydrogen-bond acceptors (Lipinski definition) is 9. The van der Waals surface area contributed by atoms with E-state index in [0.717, 1.165) is 73.2 Å². The molecule has 0 saturated carbocycles. The van der Waals surface area contributed by atoms with Crippen molar-refractivity contribution < 1.29 is 4.79 Å². The number of pyridine rings is 1. The van der Waals surface area contributed by atoms with Crippen molar-refractivity contribution in [2.45, 2.75) is 62.6 Å². The van der Waals surface area contributed by atoms with E-state index in [1.54, 1.807) is 18.1 Å². The van der Waals surface area contributed by atoms with E-state index >= 15 is 0 Å². The Hall–Kier alpha value is -6.06. The number of likely N-dealkylation sites (tertiary alicyclic amines) is 1. The van der Waals surface area contributed by atoms with Gasteiger partial charge in [-0.05, 0) is 92.4 Å². The lowest BCUT2D eigenvalue weighted by Gasteiger charge is -2.31. The van der Waals surface area contributed by atoms with Gasteiger partial charge in [-0.3, -0.25) is 9.69 Å². The van der Waals surface area contributed by atoms with E-state index in [-0.39, 0.29) is 30.0 Å². The largest absolute Gasteiger partial charge is 0.340 e. The number of carbonyl (C=O) groups is 1. The summed E-state index contributed by atoms with van der Waals surface area (Å²) in [5.41, 5.74) is 13.4. The van der Waals surface area contributed by atoms with Gasteiger partial charge in [0.2, 0.25) is 5.91 Å². The van der Waals surface area contributed by atoms with E-state index in [1.165, 1.54) is 0 Å². The molecule has 1 aliphatic carbocycles. The molecule has 0 spiro atoms. The zero-order valence-electron chi connectivity index (χ0n) is 34.1. The van der Waals surface area contributed by atoms with Crippen LogP contribution < -0.4 is 11.1 Å². The lowest BCUT2D eigenvalue weighted by Crippen LogP contribution is -2.40. The summed E-state index contributed by atoms with van der Waals surface area (Å²) >= 11 is 1.68. The highest BCUT2D eigenvalue weighted by Crippen LogP contribution is 2.39. The number of amides is 1. The van der Waals surface area contributed by atoms with Gasteiger partial charge in [0, 0.05) is 39.2 Å². The van der Waals surface area contributed by atoms with Crippen molar-refractivity contribution in [2.75, 3.05) is 26.0 Å². The Labute approximate surface area is 350 Å². The molecule has 6 aromatic rings. The first-order chi connectivity index (χ1) is 28.6. The van der Waals surface area contributed by atoms with E-state index < -0.39 is 0 Å². The van der Waals surface area contributed by atoms with Crippen molar-refractivity contribution in [3.8, 4) is 23.1 Å². The van der Waals surface area contributed by atoms with Crippen LogP contribution in [0.1, 0.15) is 79.8 Å². The fourth-order valence-corrected chi connectivity index (χ4v) is 8.64. The molecule has 2 aliphatic rings. The van der Waals surface area contributed by atoms with Gasteiger partial charge in [-0.25, -0.2) is 19.9 Å². The molecule has 4 unspecified atom stereocenters. The maximum Gasteiger partial charge on any atom is 0.245 e. The van der Waals surface area contributed by atoms with E-state index in [0.29, 0.717) is 23.9 Å². The van der Waals surface area contributed by atoms with Gasteiger partial charge in [-0.2, -0.15) is 0 Å². The van der Waals surface area contributed by atoms with Crippen molar-refractivity contribution in [1.82, 2.24) is 34.7 Å². The number of likely N-dealkylation sites (N-methyl/N-ethyl adjacent to an activating group) is 1. The van der Waals surface area contributed by atoms with Gasteiger partial charge in [-0.1, -0.05) is 105 Å². The Kier molecular flexibility index (Phi) is 11.7. The number of anilines is 2. The Morgan fingerprint density at radius 2 is 1.76 bits per heavy atom. The lowest BCUT2D eigenvalue weighted by molar-refractivity contribution is -0.137. The monoisotopic (exact) mass is 799 g/mol. The molecule has 11 heteroatoms. The van der Waals surface area contributed by atoms with Gasteiger partial charge in [0.1, 0.15) is 24.0 Å². The topological polar surface area (TPSA) is 129 Å². The summed E-state index contributed by atoms with van der Waals surface area (Å²) in [5.74, 6) is 8.87. The molecular formula is C48H49N9OS. The van der Waals surface area contributed by atoms with Crippen LogP contribution in [0.2, 0.25) is 0 Å². The molecule has 0 bridgehead atoms. The number of benzene rings is 3. The molecule has 10 nitrogen and oxygen atoms in total. The standard InChI is InChI=1S/C48H49N9OS/c1-30(2)39-23-21-37-45(53-39)51-29-52-46(37)54-40-27-33(17-24-43(40)59-36-20-22-38(49)31(3)26-36)14-13-32-15-18-34(19-16-32)41-28-50-47(55-41)42-12-9-25-57(42)48(58)44(56(4)5)35-10-7-6-8-11-35/h6-8,10-11,15-24,26-31,38,42,44H,9,12,25,49H2,1-5H3,(H,50,55)(H,51,52,53,54). The number of rotatable bonds is 10. The number of hydrogen-bond donors (Lipinski definition) is 3. The molecule has 1 saturated heterocycles. The van der Waals surface area contributed by atoms with Crippen molar-refractivity contribution >= 4 is 40.2 Å². The molecule has 4 heterocycles. The SMILES string of the molecule is CC(C)c1ccc2c(Nc3cc(C#Cc4ccc(-c5cnc(C6CCCN6C(=O)C(c6ccccc6)N(C)C)[nH]5)cc4)ccc3SC3=CC(C)C(N)C=C3)ncnc2n1. The van der Waals surface area contributed by atoms with Crippen molar-refractivity contribution in [3.05, 3.63) is 149 Å². The zero-order valence-corrected chi connectivity index (χ0v) is 34.9. The highest BCUT2D eigenvalue weighted by molar-refractivity contribution is 8.03. The Morgan fingerprint density at radius 3 is 2.53 bits per heavy atom. The number of imidazole rings is 1. The first kappa shape index (κ1) is 39.8. The molecule has 0 radical (unpaired) electrons. The molecule has 1 fully saturated rings. The van der Waals surface area contributed by atoms with E-state index in [1.807, 2.05) is 84.7 Å². The molecule has 3 aromatic carbocycles. The molecule has 4 atom stereocenters. The summed E-state index contributed by atoms with van der Waals surface area (Å²) in [5, 5.41) is 4.45. The van der Waals surface area contributed by atoms with Crippen LogP contribution in [0.4, 0.5) is 11.5 Å². The molecule has 59 heavy (non-hydrogen) atoms. The quantitative estimate of drug-likeness (QED) is 0.116. The Morgan fingerprint density at radius 1 is 0.983 bits per heavy atom. The number of fused-ring (bicyclic) bond motifs is 1. The van der Waals surface area contributed by atoms with Crippen LogP contribution in [0.15, 0.2) is 125 Å². The van der Waals surface area contributed by atoms with Crippen LogP contribution in [-0.4, -0.2) is 67.3 Å². The number of carbonyl (C=O) groups excluding carboxylic acids is 1. The summed E-state index contributed by atoms with van der Waals surface area (Å²) < 4.78 is 0. The predicted molar refractivity (Wildman–Crippen MR) is 238 cm³/mol. The van der Waals surface area contributed by atoms with E-state index in [4.69, 9.17) is 15.7 Å². The van der Waals surface area contributed by atoms with Gasteiger partial charge >= 0.3 is 0 Å². The number of allylic oxidation sites excluding steroid dienone is 1. The van der Waals surface area contributed by atoms with Gasteiger partial charge in [0.15, 0.2) is 5.65 Å². The molecule has 1 aliphatic heterocycles. The van der Waals surface area contributed by atoms with Crippen molar-refractivity contribution in [3.63, 3.8) is 0 Å². The highest BCUT2D eigenvalue weighted by atomic mass is 32.2. The average Bonchev–Trinajstić information content (AvgIpc) is 3.94. The van der Waals surface area contributed by atoms with Gasteiger partial charge in [0.25, 0.3) is 0 Å². The molecule has 3 aromatic heterocycles. The number of H-pyrrole nitrogens is 1. The maximum absolute atomic E-state index is 14.0. The summed E-state index contributed by atoms with van der Waals surface area (Å²) in [6.45, 7) is 7.10. The van der Waals surface area contributed by atoms with Crippen LogP contribution >= 0.6 is 11.8 Å². The second-order valence-electron chi connectivity index (χ2n) is 15.8. The third kappa shape index (κ3) is 8.86. The minimum absolute atomic E-state index is 0.0120. The fourth-order valence-electron chi connectivity index (χ4n) is 7.60. The number of aromatic nitrogens is 5. The van der Waals surface area contributed by atoms with Crippen molar-refractivity contribution in [2.24, 2.45) is 11.7 Å². The summed E-state index contributed by atoms with van der Waals surface area (Å²) in [6.07, 6.45) is 11.6. The minimum atomic E-state index is -0.352. The Balaban J connectivity index is 1.01. The summed E-state index contributed by atoms with van der Waals surface area (Å²) in [6, 6.07) is 28.0. The summed E-state index contributed by atoms with van der Waals surface area (Å²) in [4.78, 5) is 42.3. The van der Waals surface area contributed by atoms with Crippen LogP contribution in [0.25, 0.3) is 22.3 Å². The number of aromatic amines is 1. The molecule has 298 valence electrons. The fraction of sp³-hybridized carbons (Fsp3) is 0.271. The van der Waals surface area contributed by atoms with Crippen molar-refractivity contribution in [1.29, 1.82) is 0 Å². The lowest BCUT2D eigenvalue weighted by atomic mass is 9.98. The second kappa shape index (κ2) is 17.4. The molecular weight excluding hydrogens is 751 g/mol. The van der Waals surface area contributed by atoms with Gasteiger partial charge < -0.3 is 20.9 Å². The predicted octanol–water partition coefficient (Wildman–Crippen LogP) is 9.16. The van der Waals surface area contributed by atoms with E-state index in [9.17, 15) is 4.79 Å². The summed E-state index contributed by atoms with van der Waals surface area (Å²) in [7, 11) is 3.91. The molecule has 4 N–H and O–H groups in total. The van der Waals surface area contributed by atoms with Gasteiger partial charge in [0.05, 0.1) is 29.0 Å². The van der Waals surface area contributed by atoms with Crippen LogP contribution in [-0.2, 0) is 4.79 Å². The third-order valence-corrected chi connectivity index (χ3v) is 12.0. The zero-order chi connectivity index (χ0) is 41.0. The second-order valence-corrected chi connectivity index (χ2v) is 16.9. The Bertz CT molecular complexity index is 2590. The highest BCUT2D eigenvalue weighted by Gasteiger charge is 2.37. The van der Waals surface area contributed by atoms with Gasteiger partial charge in [-0.15, -0.1) is 0 Å². The van der Waals surface area contributed by atoms with Crippen LogP contribution in [0.3, 0.4) is 0 Å². The normalized spacial score (nSPS) is 18.2. The number of nitrogens with two attached hydrogens (primary N) is 1. The van der Waals surface area contributed by atoms with E-state index in [2.05, 4.69) is 101 Å². The first-order valence-electron chi connectivity index (χ1n) is 20.2.